The van der Waals surface area contributed by atoms with Crippen LogP contribution in [0.5, 0.6) is 0 Å². The Hall–Kier alpha value is -5.54. The highest BCUT2D eigenvalue weighted by molar-refractivity contribution is 6.32. The third-order valence-corrected chi connectivity index (χ3v) is 10.8. The standard InChI is InChI=1S/C41H25N3/c1-2-10-23(11-3-1)42-33-18-7-5-13-27(33)38-37(42)22-31-30-21-35-29(20-36(30)44-34-19-9-16-28(34)39(38)41(31)44)26-15-8-14-25-24-12-4-6-17-32(24)43(35)40(25)26/h1-8,10-15,17-18,20-22H,9,16,19H2. The molecule has 11 aromatic rings. The molecule has 0 saturated heterocycles. The molecule has 0 unspecified atom stereocenters. The van der Waals surface area contributed by atoms with Gasteiger partial charge in [-0.25, -0.2) is 0 Å². The maximum Gasteiger partial charge on any atom is 0.0621 e. The van der Waals surface area contributed by atoms with Crippen LogP contribution < -0.4 is 0 Å². The van der Waals surface area contributed by atoms with E-state index < -0.39 is 0 Å². The highest BCUT2D eigenvalue weighted by Crippen LogP contribution is 2.49. The van der Waals surface area contributed by atoms with E-state index in [0.29, 0.717) is 0 Å². The molecule has 1 aliphatic rings. The number of hydrogen-bond acceptors (Lipinski definition) is 0. The summed E-state index contributed by atoms with van der Waals surface area (Å²) in [5.74, 6) is 0. The summed E-state index contributed by atoms with van der Waals surface area (Å²) in [5.41, 5.74) is 13.6. The Morgan fingerprint density at radius 3 is 1.93 bits per heavy atom. The van der Waals surface area contributed by atoms with Crippen molar-refractivity contribution < 1.29 is 0 Å². The van der Waals surface area contributed by atoms with Gasteiger partial charge in [-0.2, -0.15) is 0 Å². The molecule has 5 heterocycles. The SMILES string of the molecule is c1ccc(-n2c3ccccc3c3c4c5c(n6c7cc8c9cccc%10c%11ccccc%11n(c8cc7c(cc32)c46)c%109)CCC5)cc1. The number of hydrogen-bond donors (Lipinski definition) is 0. The molecular weight excluding hydrogens is 534 g/mol. The molecule has 0 N–H and O–H groups in total. The number of para-hydroxylation sites is 4. The van der Waals surface area contributed by atoms with Crippen molar-refractivity contribution in [3.05, 3.63) is 127 Å². The van der Waals surface area contributed by atoms with E-state index in [9.17, 15) is 0 Å². The maximum absolute atomic E-state index is 2.66. The molecule has 5 aromatic heterocycles. The summed E-state index contributed by atoms with van der Waals surface area (Å²) in [6.07, 6.45) is 3.51. The zero-order chi connectivity index (χ0) is 28.3. The van der Waals surface area contributed by atoms with Gasteiger partial charge in [-0.1, -0.05) is 72.8 Å². The molecule has 0 radical (unpaired) electrons. The van der Waals surface area contributed by atoms with E-state index in [4.69, 9.17) is 0 Å². The fourth-order valence-corrected chi connectivity index (χ4v) is 9.21. The molecule has 0 spiro atoms. The quantitative estimate of drug-likeness (QED) is 0.190. The lowest BCUT2D eigenvalue weighted by Gasteiger charge is -2.08. The Kier molecular flexibility index (Phi) is 3.67. The van der Waals surface area contributed by atoms with E-state index in [2.05, 4.69) is 129 Å². The van der Waals surface area contributed by atoms with Crippen molar-refractivity contribution in [1.82, 2.24) is 13.4 Å². The van der Waals surface area contributed by atoms with Crippen molar-refractivity contribution in [2.45, 2.75) is 19.3 Å². The Morgan fingerprint density at radius 2 is 1.07 bits per heavy atom. The van der Waals surface area contributed by atoms with E-state index >= 15 is 0 Å². The van der Waals surface area contributed by atoms with Gasteiger partial charge in [0.25, 0.3) is 0 Å². The van der Waals surface area contributed by atoms with Crippen LogP contribution in [0.25, 0.3) is 92.8 Å². The molecule has 0 aliphatic heterocycles. The zero-order valence-electron chi connectivity index (χ0n) is 23.9. The summed E-state index contributed by atoms with van der Waals surface area (Å²) in [7, 11) is 0. The third kappa shape index (κ3) is 2.32. The van der Waals surface area contributed by atoms with Crippen LogP contribution in [-0.4, -0.2) is 13.4 Å². The minimum Gasteiger partial charge on any atom is -0.312 e. The lowest BCUT2D eigenvalue weighted by Crippen LogP contribution is -1.93. The summed E-state index contributed by atoms with van der Waals surface area (Å²) in [6, 6.07) is 43.1. The van der Waals surface area contributed by atoms with Crippen molar-refractivity contribution in [2.75, 3.05) is 0 Å². The van der Waals surface area contributed by atoms with Gasteiger partial charge in [-0.15, -0.1) is 0 Å². The Morgan fingerprint density at radius 1 is 0.409 bits per heavy atom. The first-order valence-corrected chi connectivity index (χ1v) is 15.8. The minimum absolute atomic E-state index is 1.14. The number of aromatic nitrogens is 3. The van der Waals surface area contributed by atoms with E-state index in [1.807, 2.05) is 0 Å². The summed E-state index contributed by atoms with van der Waals surface area (Å²) in [5, 5.41) is 12.3. The highest BCUT2D eigenvalue weighted by Gasteiger charge is 2.29. The fraction of sp³-hybridized carbons (Fsp3) is 0.0732. The van der Waals surface area contributed by atoms with Crippen LogP contribution in [0.1, 0.15) is 17.7 Å². The molecule has 12 rings (SSSR count). The van der Waals surface area contributed by atoms with Crippen LogP contribution >= 0.6 is 0 Å². The molecule has 44 heavy (non-hydrogen) atoms. The van der Waals surface area contributed by atoms with Gasteiger partial charge in [0, 0.05) is 59.9 Å². The van der Waals surface area contributed by atoms with Crippen molar-refractivity contribution in [2.24, 2.45) is 0 Å². The monoisotopic (exact) mass is 559 g/mol. The van der Waals surface area contributed by atoms with Gasteiger partial charge < -0.3 is 13.4 Å². The van der Waals surface area contributed by atoms with Gasteiger partial charge in [0.05, 0.1) is 38.6 Å². The number of rotatable bonds is 1. The summed E-state index contributed by atoms with van der Waals surface area (Å²) in [6.45, 7) is 0. The van der Waals surface area contributed by atoms with Crippen LogP contribution in [0, 0.1) is 0 Å². The van der Waals surface area contributed by atoms with Crippen molar-refractivity contribution >= 4 is 87.1 Å². The molecule has 0 amide bonds. The van der Waals surface area contributed by atoms with Crippen molar-refractivity contribution in [1.29, 1.82) is 0 Å². The van der Waals surface area contributed by atoms with Gasteiger partial charge in [0.1, 0.15) is 0 Å². The maximum atomic E-state index is 2.66. The first kappa shape index (κ1) is 22.1. The van der Waals surface area contributed by atoms with Crippen LogP contribution in [0.2, 0.25) is 0 Å². The van der Waals surface area contributed by atoms with Crippen LogP contribution in [0.3, 0.4) is 0 Å². The zero-order valence-corrected chi connectivity index (χ0v) is 23.9. The minimum atomic E-state index is 1.14. The number of nitrogens with zero attached hydrogens (tertiary/aromatic N) is 3. The Labute approximate surface area is 251 Å². The van der Waals surface area contributed by atoms with Crippen LogP contribution in [0.4, 0.5) is 0 Å². The first-order valence-electron chi connectivity index (χ1n) is 15.8. The molecule has 0 fully saturated rings. The molecule has 0 bridgehead atoms. The predicted octanol–water partition coefficient (Wildman–Crippen LogP) is 10.4. The van der Waals surface area contributed by atoms with Crippen molar-refractivity contribution in [3.63, 3.8) is 0 Å². The molecule has 3 nitrogen and oxygen atoms in total. The summed E-state index contributed by atoms with van der Waals surface area (Å²) < 4.78 is 7.66. The van der Waals surface area contributed by atoms with Gasteiger partial charge >= 0.3 is 0 Å². The summed E-state index contributed by atoms with van der Waals surface area (Å²) >= 11 is 0. The summed E-state index contributed by atoms with van der Waals surface area (Å²) in [4.78, 5) is 0. The smallest absolute Gasteiger partial charge is 0.0621 e. The second kappa shape index (κ2) is 7.32. The second-order valence-corrected chi connectivity index (χ2v) is 12.8. The van der Waals surface area contributed by atoms with Crippen LogP contribution in [-0.2, 0) is 12.8 Å². The molecule has 3 heteroatoms. The van der Waals surface area contributed by atoms with E-state index in [1.165, 1.54) is 105 Å². The largest absolute Gasteiger partial charge is 0.312 e. The van der Waals surface area contributed by atoms with Gasteiger partial charge in [-0.05, 0) is 67.3 Å². The average molecular weight is 560 g/mol. The van der Waals surface area contributed by atoms with E-state index in [-0.39, 0.29) is 0 Å². The number of aryl methyl sites for hydroxylation is 2. The molecule has 204 valence electrons. The second-order valence-electron chi connectivity index (χ2n) is 12.8. The molecular formula is C41H25N3. The van der Waals surface area contributed by atoms with E-state index in [0.717, 1.165) is 12.8 Å². The Balaban J connectivity index is 1.36. The molecule has 0 saturated carbocycles. The normalized spacial score (nSPS) is 14.1. The number of benzene rings is 6. The topological polar surface area (TPSA) is 13.8 Å². The van der Waals surface area contributed by atoms with Crippen LogP contribution in [0.15, 0.2) is 115 Å². The lowest BCUT2D eigenvalue weighted by atomic mass is 10.0. The predicted molar refractivity (Wildman–Crippen MR) is 185 cm³/mol. The van der Waals surface area contributed by atoms with E-state index in [1.54, 1.807) is 5.56 Å². The lowest BCUT2D eigenvalue weighted by molar-refractivity contribution is 0.891. The van der Waals surface area contributed by atoms with Gasteiger partial charge in [0.15, 0.2) is 0 Å². The number of fused-ring (bicyclic) bond motifs is 16. The average Bonchev–Trinajstić information content (AvgIpc) is 3.90. The highest BCUT2D eigenvalue weighted by atomic mass is 15.0. The first-order chi connectivity index (χ1) is 21.9. The fourth-order valence-electron chi connectivity index (χ4n) is 9.21. The van der Waals surface area contributed by atoms with Gasteiger partial charge in [0.2, 0.25) is 0 Å². The third-order valence-electron chi connectivity index (χ3n) is 10.8. The Bertz CT molecular complexity index is 3000. The molecule has 6 aromatic carbocycles. The molecule has 0 atom stereocenters. The van der Waals surface area contributed by atoms with Crippen molar-refractivity contribution in [3.8, 4) is 5.69 Å². The molecule has 1 aliphatic carbocycles. The van der Waals surface area contributed by atoms with Gasteiger partial charge in [-0.3, -0.25) is 0 Å².